The van der Waals surface area contributed by atoms with Gasteiger partial charge in [0.25, 0.3) is 5.92 Å². The van der Waals surface area contributed by atoms with E-state index < -0.39 is 5.92 Å². The van der Waals surface area contributed by atoms with E-state index in [4.69, 9.17) is 6.57 Å². The van der Waals surface area contributed by atoms with Gasteiger partial charge in [0, 0.05) is 23.9 Å². The second kappa shape index (κ2) is 10.5. The first-order valence-corrected chi connectivity index (χ1v) is 11.6. The highest BCUT2D eigenvalue weighted by atomic mass is 19.3. The zero-order valence-corrected chi connectivity index (χ0v) is 21.0. The van der Waals surface area contributed by atoms with Crippen molar-refractivity contribution in [1.82, 2.24) is 4.98 Å². The molecule has 0 radical (unpaired) electrons. The third-order valence-corrected chi connectivity index (χ3v) is 5.76. The zero-order chi connectivity index (χ0) is 26.6. The number of benzene rings is 3. The van der Waals surface area contributed by atoms with Gasteiger partial charge < -0.3 is 10.6 Å². The molecular formula is C29H26F2N6. The molecule has 6 nitrogen and oxygen atoms in total. The van der Waals surface area contributed by atoms with Crippen molar-refractivity contribution in [3.8, 4) is 0 Å². The number of azo groups is 1. The fourth-order valence-electron chi connectivity index (χ4n) is 3.70. The molecule has 3 aromatic carbocycles. The van der Waals surface area contributed by atoms with E-state index in [1.54, 1.807) is 13.0 Å². The van der Waals surface area contributed by atoms with Gasteiger partial charge in [-0.1, -0.05) is 53.6 Å². The quantitative estimate of drug-likeness (QED) is 0.198. The normalized spacial score (nSPS) is 11.4. The van der Waals surface area contributed by atoms with Crippen molar-refractivity contribution >= 4 is 40.1 Å². The maximum atomic E-state index is 14.1. The number of halogens is 2. The third kappa shape index (κ3) is 5.96. The van der Waals surface area contributed by atoms with Crippen LogP contribution in [-0.4, -0.2) is 4.98 Å². The van der Waals surface area contributed by atoms with Gasteiger partial charge in [0.1, 0.15) is 11.5 Å². The molecule has 2 N–H and O–H groups in total. The summed E-state index contributed by atoms with van der Waals surface area (Å²) < 4.78 is 28.3. The number of aryl methyl sites for hydroxylation is 2. The second-order valence-corrected chi connectivity index (χ2v) is 8.83. The molecule has 0 aliphatic carbocycles. The van der Waals surface area contributed by atoms with E-state index in [1.807, 2.05) is 62.4 Å². The van der Waals surface area contributed by atoms with Crippen LogP contribution in [0.5, 0.6) is 0 Å². The van der Waals surface area contributed by atoms with Gasteiger partial charge in [-0.3, -0.25) is 0 Å². The minimum absolute atomic E-state index is 0.0434. The van der Waals surface area contributed by atoms with Crippen LogP contribution in [0.1, 0.15) is 29.2 Å². The van der Waals surface area contributed by atoms with Gasteiger partial charge in [-0.05, 0) is 56.7 Å². The van der Waals surface area contributed by atoms with E-state index in [0.717, 1.165) is 29.4 Å². The number of hydrogen-bond donors (Lipinski definition) is 2. The monoisotopic (exact) mass is 496 g/mol. The van der Waals surface area contributed by atoms with Crippen LogP contribution in [0.25, 0.3) is 4.85 Å². The van der Waals surface area contributed by atoms with Crippen molar-refractivity contribution in [1.29, 1.82) is 0 Å². The van der Waals surface area contributed by atoms with Crippen molar-refractivity contribution in [2.75, 3.05) is 10.6 Å². The van der Waals surface area contributed by atoms with Crippen LogP contribution in [-0.2, 0) is 5.92 Å². The Kier molecular flexibility index (Phi) is 7.25. The molecule has 0 aliphatic heterocycles. The fraction of sp³-hybridized carbons (Fsp3) is 0.172. The van der Waals surface area contributed by atoms with Crippen LogP contribution in [0.4, 0.5) is 48.9 Å². The molecule has 0 saturated carbocycles. The number of nitrogens with one attached hydrogen (secondary N) is 2. The molecule has 0 spiro atoms. The van der Waals surface area contributed by atoms with Crippen molar-refractivity contribution in [2.24, 2.45) is 10.2 Å². The lowest BCUT2D eigenvalue weighted by Crippen LogP contribution is -2.06. The summed E-state index contributed by atoms with van der Waals surface area (Å²) >= 11 is 0. The third-order valence-electron chi connectivity index (χ3n) is 5.76. The van der Waals surface area contributed by atoms with E-state index in [0.29, 0.717) is 17.2 Å². The Hall–Kier alpha value is -4.64. The average molecular weight is 497 g/mol. The van der Waals surface area contributed by atoms with Crippen molar-refractivity contribution in [3.63, 3.8) is 0 Å². The lowest BCUT2D eigenvalue weighted by Gasteiger charge is -2.16. The van der Waals surface area contributed by atoms with Gasteiger partial charge in [0.15, 0.2) is 5.82 Å². The zero-order valence-electron chi connectivity index (χ0n) is 21.0. The van der Waals surface area contributed by atoms with Gasteiger partial charge in [-0.25, -0.2) is 18.6 Å². The number of rotatable bonds is 7. The fourth-order valence-corrected chi connectivity index (χ4v) is 3.70. The van der Waals surface area contributed by atoms with Crippen molar-refractivity contribution in [2.45, 2.75) is 33.6 Å². The Balaban J connectivity index is 1.84. The van der Waals surface area contributed by atoms with E-state index in [-0.39, 0.29) is 22.6 Å². The number of aromatic nitrogens is 1. The number of hydrogen-bond acceptors (Lipinski definition) is 5. The molecule has 1 aromatic heterocycles. The molecule has 0 atom stereocenters. The number of alkyl halides is 2. The first-order chi connectivity index (χ1) is 17.7. The van der Waals surface area contributed by atoms with Crippen LogP contribution in [0.15, 0.2) is 83.0 Å². The Labute approximate surface area is 214 Å². The van der Waals surface area contributed by atoms with Crippen LogP contribution in [0.2, 0.25) is 0 Å². The SMILES string of the molecule is [C-]#[N+]c1c(Nc2ccc(C)cc2)nc(Nc2ccc(C)cc2)c(N=Nc2ccccc2C(C)(F)F)c1C. The summed E-state index contributed by atoms with van der Waals surface area (Å²) in [6.07, 6.45) is 0. The molecule has 0 amide bonds. The number of nitrogens with zero attached hydrogens (tertiary/aromatic N) is 4. The molecule has 0 aliphatic rings. The van der Waals surface area contributed by atoms with Crippen molar-refractivity contribution < 1.29 is 8.78 Å². The molecular weight excluding hydrogens is 470 g/mol. The first kappa shape index (κ1) is 25.5. The lowest BCUT2D eigenvalue weighted by atomic mass is 10.1. The Morgan fingerprint density at radius 1 is 0.784 bits per heavy atom. The predicted octanol–water partition coefficient (Wildman–Crippen LogP) is 9.57. The van der Waals surface area contributed by atoms with Gasteiger partial charge in [-0.15, -0.1) is 10.2 Å². The average Bonchev–Trinajstić information content (AvgIpc) is 2.86. The summed E-state index contributed by atoms with van der Waals surface area (Å²) in [5.41, 5.74) is 4.60. The molecule has 4 aromatic rings. The molecule has 0 bridgehead atoms. The molecule has 0 saturated heterocycles. The summed E-state index contributed by atoms with van der Waals surface area (Å²) in [7, 11) is 0. The molecule has 0 fully saturated rings. The lowest BCUT2D eigenvalue weighted by molar-refractivity contribution is 0.0181. The van der Waals surface area contributed by atoms with Gasteiger partial charge in [-0.2, -0.15) is 0 Å². The molecule has 37 heavy (non-hydrogen) atoms. The molecule has 4 rings (SSSR count). The Morgan fingerprint density at radius 2 is 1.32 bits per heavy atom. The summed E-state index contributed by atoms with van der Waals surface area (Å²) in [4.78, 5) is 8.38. The largest absolute Gasteiger partial charge is 0.349 e. The molecule has 186 valence electrons. The molecule has 0 unspecified atom stereocenters. The Morgan fingerprint density at radius 3 is 1.86 bits per heavy atom. The highest BCUT2D eigenvalue weighted by molar-refractivity contribution is 5.85. The number of anilines is 4. The predicted molar refractivity (Wildman–Crippen MR) is 144 cm³/mol. The topological polar surface area (TPSA) is 66.0 Å². The van der Waals surface area contributed by atoms with Gasteiger partial charge >= 0.3 is 0 Å². The maximum absolute atomic E-state index is 14.1. The van der Waals surface area contributed by atoms with Crippen LogP contribution >= 0.6 is 0 Å². The molecule has 8 heteroatoms. The highest BCUT2D eigenvalue weighted by Crippen LogP contribution is 2.43. The summed E-state index contributed by atoms with van der Waals surface area (Å²) in [6, 6.07) is 21.4. The number of pyridine rings is 1. The van der Waals surface area contributed by atoms with Gasteiger partial charge in [0.05, 0.1) is 12.3 Å². The standard InChI is InChI=1S/C29H26F2N6/c1-18-10-14-21(15-11-18)33-27-25(32-5)20(3)26(28(35-27)34-22-16-12-19(2)13-17-22)37-36-24-9-7-6-8-23(24)29(4,30)31/h6-17H,1-4H3,(H2,33,34,35). The Bertz CT molecular complexity index is 1480. The smallest absolute Gasteiger partial charge is 0.272 e. The van der Waals surface area contributed by atoms with E-state index in [9.17, 15) is 8.78 Å². The minimum atomic E-state index is -3.09. The maximum Gasteiger partial charge on any atom is 0.272 e. The summed E-state index contributed by atoms with van der Waals surface area (Å²) in [5, 5.41) is 15.0. The van der Waals surface area contributed by atoms with Crippen LogP contribution < -0.4 is 10.6 Å². The van der Waals surface area contributed by atoms with E-state index in [1.165, 1.54) is 18.2 Å². The molecule has 1 heterocycles. The minimum Gasteiger partial charge on any atom is -0.349 e. The highest BCUT2D eigenvalue weighted by Gasteiger charge is 2.27. The first-order valence-electron chi connectivity index (χ1n) is 11.6. The van der Waals surface area contributed by atoms with Gasteiger partial charge in [0.2, 0.25) is 5.69 Å². The summed E-state index contributed by atoms with van der Waals surface area (Å²) in [5.74, 6) is -2.40. The van der Waals surface area contributed by atoms with E-state index in [2.05, 4.69) is 30.7 Å². The second-order valence-electron chi connectivity index (χ2n) is 8.83. The summed E-state index contributed by atoms with van der Waals surface area (Å²) in [6.45, 7) is 14.3. The van der Waals surface area contributed by atoms with Crippen LogP contribution in [0.3, 0.4) is 0 Å². The van der Waals surface area contributed by atoms with E-state index >= 15 is 0 Å². The van der Waals surface area contributed by atoms with Crippen LogP contribution in [0, 0.1) is 27.3 Å². The van der Waals surface area contributed by atoms with Crippen molar-refractivity contribution in [3.05, 3.63) is 106 Å².